The van der Waals surface area contributed by atoms with Crippen molar-refractivity contribution in [3.8, 4) is 17.2 Å². The molecule has 152 valence electrons. The number of benzene rings is 2. The van der Waals surface area contributed by atoms with Crippen molar-refractivity contribution in [1.82, 2.24) is 15.0 Å². The van der Waals surface area contributed by atoms with Crippen molar-refractivity contribution in [3.05, 3.63) is 87.3 Å². The van der Waals surface area contributed by atoms with Crippen LogP contribution in [0.2, 0.25) is 0 Å². The van der Waals surface area contributed by atoms with Gasteiger partial charge in [0.15, 0.2) is 0 Å². The van der Waals surface area contributed by atoms with Crippen LogP contribution in [0.1, 0.15) is 22.3 Å². The van der Waals surface area contributed by atoms with E-state index in [4.69, 9.17) is 10.2 Å². The quantitative estimate of drug-likeness (QED) is 0.454. The normalized spacial score (nSPS) is 11.0. The maximum atomic E-state index is 12.8. The van der Waals surface area contributed by atoms with Gasteiger partial charge in [0.2, 0.25) is 5.95 Å². The molecule has 4 rings (SSSR count). The Hall–Kier alpha value is -4.24. The molecule has 0 atom stereocenters. The molecule has 2 aromatic heterocycles. The first-order chi connectivity index (χ1) is 15.0. The van der Waals surface area contributed by atoms with Gasteiger partial charge in [-0.3, -0.25) is 9.78 Å². The number of allylic oxidation sites excluding steroid dienone is 1. The largest absolute Gasteiger partial charge is 0.310 e. The van der Waals surface area contributed by atoms with Crippen molar-refractivity contribution in [2.75, 3.05) is 5.32 Å². The van der Waals surface area contributed by atoms with Crippen molar-refractivity contribution in [3.63, 3.8) is 0 Å². The second-order valence-corrected chi connectivity index (χ2v) is 7.45. The van der Waals surface area contributed by atoms with Crippen LogP contribution in [0.5, 0.6) is 0 Å². The lowest BCUT2D eigenvalue weighted by Crippen LogP contribution is -2.12. The molecule has 0 saturated carbocycles. The topological polar surface area (TPSA) is 94.5 Å². The van der Waals surface area contributed by atoms with Crippen LogP contribution in [0.25, 0.3) is 28.1 Å². The highest BCUT2D eigenvalue weighted by atomic mass is 16.1. The molecule has 6 nitrogen and oxygen atoms in total. The molecule has 0 spiro atoms. The fraction of sp³-hybridized carbons (Fsp3) is 0.120. The van der Waals surface area contributed by atoms with Crippen molar-refractivity contribution < 1.29 is 0 Å². The number of nitrogens with one attached hydrogen (secondary N) is 2. The number of hydrogen-bond acceptors (Lipinski definition) is 5. The molecule has 0 unspecified atom stereocenters. The first-order valence-corrected chi connectivity index (χ1v) is 9.87. The highest BCUT2D eigenvalue weighted by molar-refractivity contribution is 5.95. The lowest BCUT2D eigenvalue weighted by atomic mass is 9.92. The Bertz CT molecular complexity index is 1390. The lowest BCUT2D eigenvalue weighted by molar-refractivity contribution is 1.15. The minimum atomic E-state index is -0.217. The Labute approximate surface area is 179 Å². The highest BCUT2D eigenvalue weighted by Gasteiger charge is 2.14. The Morgan fingerprint density at radius 3 is 2.55 bits per heavy atom. The second kappa shape index (κ2) is 8.25. The summed E-state index contributed by atoms with van der Waals surface area (Å²) in [6, 6.07) is 15.5. The van der Waals surface area contributed by atoms with Crippen LogP contribution in [-0.4, -0.2) is 15.0 Å². The molecule has 2 heterocycles. The fourth-order valence-corrected chi connectivity index (χ4v) is 3.74. The number of nitrogens with zero attached hydrogens (tertiary/aromatic N) is 3. The van der Waals surface area contributed by atoms with E-state index in [1.54, 1.807) is 18.3 Å². The van der Waals surface area contributed by atoms with Gasteiger partial charge in [0.1, 0.15) is 5.82 Å². The Balaban J connectivity index is 1.87. The van der Waals surface area contributed by atoms with Gasteiger partial charge in [0.25, 0.3) is 5.56 Å². The summed E-state index contributed by atoms with van der Waals surface area (Å²) in [5, 5.41) is 12.4. The van der Waals surface area contributed by atoms with E-state index in [0.29, 0.717) is 22.7 Å². The zero-order valence-electron chi connectivity index (χ0n) is 17.5. The number of hydrogen-bond donors (Lipinski definition) is 2. The molecule has 0 bridgehead atoms. The van der Waals surface area contributed by atoms with E-state index in [0.717, 1.165) is 33.4 Å². The van der Waals surface area contributed by atoms with Gasteiger partial charge in [-0.1, -0.05) is 30.3 Å². The van der Waals surface area contributed by atoms with E-state index in [9.17, 15) is 4.79 Å². The van der Waals surface area contributed by atoms with Crippen molar-refractivity contribution in [2.45, 2.75) is 20.8 Å². The smallest absolute Gasteiger partial charge is 0.260 e. The van der Waals surface area contributed by atoms with E-state index in [1.807, 2.05) is 63.2 Å². The number of aryl methyl sites for hydroxylation is 3. The van der Waals surface area contributed by atoms with E-state index in [-0.39, 0.29) is 5.56 Å². The van der Waals surface area contributed by atoms with E-state index in [1.165, 1.54) is 6.08 Å². The van der Waals surface area contributed by atoms with Crippen LogP contribution >= 0.6 is 0 Å². The van der Waals surface area contributed by atoms with Gasteiger partial charge in [-0.25, -0.2) is 9.97 Å². The van der Waals surface area contributed by atoms with Crippen molar-refractivity contribution >= 4 is 28.7 Å². The number of aromatic nitrogens is 3. The lowest BCUT2D eigenvalue weighted by Gasteiger charge is -2.14. The monoisotopic (exact) mass is 407 g/mol. The summed E-state index contributed by atoms with van der Waals surface area (Å²) < 4.78 is 0. The minimum absolute atomic E-state index is 0.217. The van der Waals surface area contributed by atoms with Gasteiger partial charge in [-0.15, -0.1) is 0 Å². The zero-order chi connectivity index (χ0) is 22.0. The second-order valence-electron chi connectivity index (χ2n) is 7.45. The number of aromatic amines is 1. The Morgan fingerprint density at radius 1 is 1.10 bits per heavy atom. The number of anilines is 2. The number of nitriles is 1. The summed E-state index contributed by atoms with van der Waals surface area (Å²) in [6.07, 6.45) is 5.00. The zero-order valence-corrected chi connectivity index (χ0v) is 17.5. The van der Waals surface area contributed by atoms with E-state index in [2.05, 4.69) is 15.3 Å². The molecule has 0 radical (unpaired) electrons. The molecular weight excluding hydrogens is 386 g/mol. The summed E-state index contributed by atoms with van der Waals surface area (Å²) in [7, 11) is 0. The molecule has 31 heavy (non-hydrogen) atoms. The molecule has 2 N–H and O–H groups in total. The number of fused-ring (bicyclic) bond motifs is 1. The first-order valence-electron chi connectivity index (χ1n) is 9.87. The third-order valence-corrected chi connectivity index (χ3v) is 5.07. The van der Waals surface area contributed by atoms with Gasteiger partial charge < -0.3 is 5.32 Å². The highest BCUT2D eigenvalue weighted by Crippen LogP contribution is 2.33. The van der Waals surface area contributed by atoms with Gasteiger partial charge in [-0.2, -0.15) is 5.26 Å². The number of para-hydroxylation sites is 1. The summed E-state index contributed by atoms with van der Waals surface area (Å²) in [5.74, 6) is 0.941. The summed E-state index contributed by atoms with van der Waals surface area (Å²) in [5.41, 5.74) is 6.40. The average molecular weight is 407 g/mol. The average Bonchev–Trinajstić information content (AvgIpc) is 2.74. The molecule has 4 aromatic rings. The van der Waals surface area contributed by atoms with Gasteiger partial charge in [-0.05, 0) is 66.8 Å². The Morgan fingerprint density at radius 2 is 1.87 bits per heavy atom. The molecule has 0 amide bonds. The molecule has 0 saturated heterocycles. The van der Waals surface area contributed by atoms with Gasteiger partial charge >= 0.3 is 0 Å². The third kappa shape index (κ3) is 4.07. The van der Waals surface area contributed by atoms with Gasteiger partial charge in [0, 0.05) is 17.8 Å². The van der Waals surface area contributed by atoms with Crippen LogP contribution in [0.4, 0.5) is 11.8 Å². The van der Waals surface area contributed by atoms with Crippen LogP contribution in [0.15, 0.2) is 59.5 Å². The van der Waals surface area contributed by atoms with E-state index < -0.39 is 0 Å². The Kier molecular flexibility index (Phi) is 5.33. The van der Waals surface area contributed by atoms with Crippen LogP contribution in [0, 0.1) is 32.1 Å². The summed E-state index contributed by atoms with van der Waals surface area (Å²) in [4.78, 5) is 24.6. The minimum Gasteiger partial charge on any atom is -0.310 e. The maximum Gasteiger partial charge on any atom is 0.260 e. The van der Waals surface area contributed by atoms with E-state index >= 15 is 0 Å². The fourth-order valence-electron chi connectivity index (χ4n) is 3.74. The summed E-state index contributed by atoms with van der Waals surface area (Å²) >= 11 is 0. The van der Waals surface area contributed by atoms with Crippen LogP contribution < -0.4 is 10.9 Å². The maximum absolute atomic E-state index is 12.8. The van der Waals surface area contributed by atoms with Crippen molar-refractivity contribution in [2.24, 2.45) is 0 Å². The molecule has 0 aliphatic heterocycles. The molecule has 0 fully saturated rings. The molecular formula is C25H21N5O. The number of rotatable bonds is 4. The molecule has 6 heteroatoms. The van der Waals surface area contributed by atoms with Crippen LogP contribution in [0.3, 0.4) is 0 Å². The molecule has 0 aliphatic rings. The summed E-state index contributed by atoms with van der Waals surface area (Å²) in [6.45, 7) is 6.01. The predicted octanol–water partition coefficient (Wildman–Crippen LogP) is 5.19. The predicted molar refractivity (Wildman–Crippen MR) is 124 cm³/mol. The first kappa shape index (κ1) is 20.0. The number of H-pyrrole nitrogens is 1. The third-order valence-electron chi connectivity index (χ3n) is 5.07. The molecule has 0 aliphatic carbocycles. The number of pyridine rings is 1. The van der Waals surface area contributed by atoms with Crippen molar-refractivity contribution in [1.29, 1.82) is 5.26 Å². The molecule has 2 aromatic carbocycles. The van der Waals surface area contributed by atoms with Gasteiger partial charge in [0.05, 0.1) is 17.0 Å². The standard InChI is InChI=1S/C25H21N5O/c1-15-9-10-21(27-14-15)28-25-29-23-19(7-4-8-20(23)24(31)30-25)22-16(2)12-18(6-5-11-26)13-17(22)3/h4-10,12-14H,1-3H3,(H2,27,28,29,30,31)/b6-5+. The van der Waals surface area contributed by atoms with Crippen LogP contribution in [-0.2, 0) is 0 Å². The SMILES string of the molecule is Cc1ccc(Nc2nc3c(-c4c(C)cc(/C=C/C#N)cc4C)cccc3c(=O)[nH]2)nc1.